The third-order valence-corrected chi connectivity index (χ3v) is 2.58. The summed E-state index contributed by atoms with van der Waals surface area (Å²) in [4.78, 5) is 23.1. The molecule has 0 saturated heterocycles. The maximum atomic E-state index is 11.9. The Morgan fingerprint density at radius 3 is 2.67 bits per heavy atom. The smallest absolute Gasteiger partial charge is 0.259 e. The maximum absolute atomic E-state index is 11.9. The monoisotopic (exact) mass is 302 g/mol. The van der Waals surface area contributed by atoms with Crippen molar-refractivity contribution in [2.45, 2.75) is 0 Å². The molecule has 0 aliphatic rings. The molecule has 0 atom stereocenters. The number of anilines is 1. The zero-order valence-electron chi connectivity index (χ0n) is 8.69. The molecule has 0 saturated carbocycles. The van der Waals surface area contributed by atoms with Gasteiger partial charge in [-0.25, -0.2) is 15.0 Å². The minimum Gasteiger partial charge on any atom is -0.306 e. The molecule has 92 valence electrons. The Morgan fingerprint density at radius 1 is 1.22 bits per heavy atom. The summed E-state index contributed by atoms with van der Waals surface area (Å²) in [7, 11) is 0. The van der Waals surface area contributed by atoms with E-state index in [-0.39, 0.29) is 27.0 Å². The highest BCUT2D eigenvalue weighted by Gasteiger charge is 2.12. The topological polar surface area (TPSA) is 67.8 Å². The second kappa shape index (κ2) is 5.48. The standard InChI is InChI=1S/C10H5Cl3N4O/c11-6-4-7(17-10(13)15-6)16-9(18)5-2-1-3-14-8(5)12/h1-4H,(H,15,16,17,18). The Balaban J connectivity index is 2.24. The molecule has 0 fully saturated rings. The molecule has 0 unspecified atom stereocenters. The number of carbonyl (C=O) groups is 1. The van der Waals surface area contributed by atoms with Gasteiger partial charge in [-0.1, -0.05) is 23.2 Å². The molecule has 0 aliphatic carbocycles. The molecule has 18 heavy (non-hydrogen) atoms. The Bertz CT molecular complexity index is 585. The van der Waals surface area contributed by atoms with E-state index in [9.17, 15) is 4.79 Å². The summed E-state index contributed by atoms with van der Waals surface area (Å²) in [5, 5.41) is 2.66. The molecule has 2 aromatic rings. The van der Waals surface area contributed by atoms with Crippen LogP contribution >= 0.6 is 34.8 Å². The van der Waals surface area contributed by atoms with Crippen molar-refractivity contribution in [2.75, 3.05) is 5.32 Å². The van der Waals surface area contributed by atoms with E-state index in [1.54, 1.807) is 6.07 Å². The molecular formula is C10H5Cl3N4O. The highest BCUT2D eigenvalue weighted by molar-refractivity contribution is 6.33. The summed E-state index contributed by atoms with van der Waals surface area (Å²) < 4.78 is 0. The van der Waals surface area contributed by atoms with Crippen molar-refractivity contribution in [2.24, 2.45) is 0 Å². The fourth-order valence-electron chi connectivity index (χ4n) is 1.19. The summed E-state index contributed by atoms with van der Waals surface area (Å²) >= 11 is 17.1. The first-order chi connectivity index (χ1) is 8.56. The largest absolute Gasteiger partial charge is 0.306 e. The van der Waals surface area contributed by atoms with Gasteiger partial charge in [0.1, 0.15) is 16.1 Å². The molecule has 0 aliphatic heterocycles. The highest BCUT2D eigenvalue weighted by Crippen LogP contribution is 2.17. The number of amides is 1. The van der Waals surface area contributed by atoms with E-state index in [0.717, 1.165) is 0 Å². The summed E-state index contributed by atoms with van der Waals surface area (Å²) in [6.45, 7) is 0. The normalized spacial score (nSPS) is 10.2. The Morgan fingerprint density at radius 2 is 2.00 bits per heavy atom. The van der Waals surface area contributed by atoms with E-state index in [1.165, 1.54) is 18.3 Å². The average molecular weight is 304 g/mol. The van der Waals surface area contributed by atoms with E-state index in [4.69, 9.17) is 34.8 Å². The van der Waals surface area contributed by atoms with Crippen LogP contribution in [0.4, 0.5) is 5.82 Å². The minimum absolute atomic E-state index is 0.0601. The van der Waals surface area contributed by atoms with E-state index in [0.29, 0.717) is 0 Å². The van der Waals surface area contributed by atoms with Crippen LogP contribution in [0.5, 0.6) is 0 Å². The molecule has 2 heterocycles. The van der Waals surface area contributed by atoms with Crippen LogP contribution in [0.2, 0.25) is 15.6 Å². The fourth-order valence-corrected chi connectivity index (χ4v) is 1.81. The van der Waals surface area contributed by atoms with Crippen LogP contribution in [0.1, 0.15) is 10.4 Å². The van der Waals surface area contributed by atoms with Crippen molar-refractivity contribution >= 4 is 46.5 Å². The van der Waals surface area contributed by atoms with Gasteiger partial charge in [-0.3, -0.25) is 4.79 Å². The lowest BCUT2D eigenvalue weighted by Crippen LogP contribution is -2.14. The third kappa shape index (κ3) is 3.07. The quantitative estimate of drug-likeness (QED) is 0.526. The SMILES string of the molecule is O=C(Nc1cc(Cl)nc(Cl)n1)c1cccnc1Cl. The van der Waals surface area contributed by atoms with Crippen molar-refractivity contribution in [1.82, 2.24) is 15.0 Å². The van der Waals surface area contributed by atoms with Gasteiger partial charge in [0.05, 0.1) is 5.56 Å². The van der Waals surface area contributed by atoms with Gasteiger partial charge >= 0.3 is 0 Å². The van der Waals surface area contributed by atoms with Crippen molar-refractivity contribution in [1.29, 1.82) is 0 Å². The van der Waals surface area contributed by atoms with Gasteiger partial charge in [0.15, 0.2) is 0 Å². The number of nitrogens with zero attached hydrogens (tertiary/aromatic N) is 3. The zero-order chi connectivity index (χ0) is 13.1. The number of hydrogen-bond acceptors (Lipinski definition) is 4. The summed E-state index contributed by atoms with van der Waals surface area (Å²) in [6, 6.07) is 4.51. The molecule has 1 N–H and O–H groups in total. The van der Waals surface area contributed by atoms with Gasteiger partial charge in [-0.15, -0.1) is 0 Å². The lowest BCUT2D eigenvalue weighted by Gasteiger charge is -2.05. The molecule has 2 rings (SSSR count). The first-order valence-electron chi connectivity index (χ1n) is 4.68. The number of pyridine rings is 1. The third-order valence-electron chi connectivity index (χ3n) is 1.91. The molecular weight excluding hydrogens is 298 g/mol. The first kappa shape index (κ1) is 13.0. The van der Waals surface area contributed by atoms with Gasteiger partial charge in [-0.2, -0.15) is 0 Å². The van der Waals surface area contributed by atoms with Crippen LogP contribution in [0.25, 0.3) is 0 Å². The number of aromatic nitrogens is 3. The Kier molecular flexibility index (Phi) is 3.96. The molecule has 0 spiro atoms. The molecule has 2 aromatic heterocycles. The number of nitrogens with one attached hydrogen (secondary N) is 1. The van der Waals surface area contributed by atoms with Crippen LogP contribution in [-0.4, -0.2) is 20.9 Å². The molecule has 5 nitrogen and oxygen atoms in total. The Hall–Kier alpha value is -1.43. The minimum atomic E-state index is -0.459. The van der Waals surface area contributed by atoms with E-state index in [1.807, 2.05) is 0 Å². The number of carbonyl (C=O) groups excluding carboxylic acids is 1. The van der Waals surface area contributed by atoms with Crippen molar-refractivity contribution in [3.05, 3.63) is 45.5 Å². The fraction of sp³-hybridized carbons (Fsp3) is 0. The van der Waals surface area contributed by atoms with E-state index >= 15 is 0 Å². The van der Waals surface area contributed by atoms with Crippen molar-refractivity contribution in [3.63, 3.8) is 0 Å². The van der Waals surface area contributed by atoms with Crippen LogP contribution in [0.3, 0.4) is 0 Å². The van der Waals surface area contributed by atoms with Crippen LogP contribution in [0.15, 0.2) is 24.4 Å². The number of rotatable bonds is 2. The van der Waals surface area contributed by atoms with Crippen molar-refractivity contribution < 1.29 is 4.79 Å². The van der Waals surface area contributed by atoms with E-state index in [2.05, 4.69) is 20.3 Å². The molecule has 8 heteroatoms. The Labute approximate surface area is 117 Å². The summed E-state index contributed by atoms with van der Waals surface area (Å²) in [5.74, 6) is -0.274. The molecule has 1 amide bonds. The highest BCUT2D eigenvalue weighted by atomic mass is 35.5. The second-order valence-corrected chi connectivity index (χ2v) is 4.22. The van der Waals surface area contributed by atoms with Gasteiger partial charge < -0.3 is 5.32 Å². The van der Waals surface area contributed by atoms with Crippen LogP contribution in [0, 0.1) is 0 Å². The van der Waals surface area contributed by atoms with Crippen LogP contribution < -0.4 is 5.32 Å². The van der Waals surface area contributed by atoms with Gasteiger partial charge in [0, 0.05) is 12.3 Å². The summed E-state index contributed by atoms with van der Waals surface area (Å²) in [5.41, 5.74) is 0.227. The zero-order valence-corrected chi connectivity index (χ0v) is 11.0. The average Bonchev–Trinajstić information content (AvgIpc) is 2.27. The lowest BCUT2D eigenvalue weighted by molar-refractivity contribution is 0.102. The number of halogens is 3. The maximum Gasteiger partial charge on any atom is 0.259 e. The first-order valence-corrected chi connectivity index (χ1v) is 5.81. The lowest BCUT2D eigenvalue weighted by atomic mass is 10.2. The second-order valence-electron chi connectivity index (χ2n) is 3.14. The summed E-state index contributed by atoms with van der Waals surface area (Å²) in [6.07, 6.45) is 1.48. The van der Waals surface area contributed by atoms with E-state index < -0.39 is 5.91 Å². The predicted octanol–water partition coefficient (Wildman–Crippen LogP) is 3.08. The molecule has 0 aromatic carbocycles. The van der Waals surface area contributed by atoms with Gasteiger partial charge in [-0.05, 0) is 23.7 Å². The van der Waals surface area contributed by atoms with Crippen molar-refractivity contribution in [3.8, 4) is 0 Å². The van der Waals surface area contributed by atoms with Gasteiger partial charge in [0.25, 0.3) is 5.91 Å². The molecule has 0 radical (unpaired) electrons. The van der Waals surface area contributed by atoms with Gasteiger partial charge in [0.2, 0.25) is 5.28 Å². The molecule has 0 bridgehead atoms. The number of hydrogen-bond donors (Lipinski definition) is 1. The van der Waals surface area contributed by atoms with Crippen LogP contribution in [-0.2, 0) is 0 Å². The predicted molar refractivity (Wildman–Crippen MR) is 69.3 cm³/mol.